The molecule has 1 rings (SSSR count). The Kier molecular flexibility index (Phi) is 8.25. The lowest BCUT2D eigenvalue weighted by Crippen LogP contribution is -2.31. The van der Waals surface area contributed by atoms with Gasteiger partial charge in [-0.25, -0.2) is 0 Å². The third-order valence-corrected chi connectivity index (χ3v) is 9.36. The van der Waals surface area contributed by atoms with Crippen molar-refractivity contribution in [2.45, 2.75) is 31.0 Å². The van der Waals surface area contributed by atoms with Gasteiger partial charge in [0.25, 0.3) is 5.08 Å². The second-order valence-electron chi connectivity index (χ2n) is 6.17. The molecular formula is C13H20N3O8P3S. The van der Waals surface area contributed by atoms with Gasteiger partial charge in [0.1, 0.15) is 0 Å². The Morgan fingerprint density at radius 1 is 1.18 bits per heavy atom. The highest BCUT2D eigenvalue weighted by atomic mass is 32.1. The molecule has 0 saturated carbocycles. The van der Waals surface area contributed by atoms with Gasteiger partial charge in [0, 0.05) is 22.2 Å². The summed E-state index contributed by atoms with van der Waals surface area (Å²) in [6, 6.07) is 5.21. The fraction of sp³-hybridized carbons (Fsp3) is 0.462. The molecule has 1 amide bonds. The Morgan fingerprint density at radius 2 is 1.61 bits per heavy atom. The maximum Gasteiger partial charge on any atom is 0.392 e. The molecule has 0 aromatic heterocycles. The number of benzene rings is 1. The van der Waals surface area contributed by atoms with Crippen LogP contribution in [-0.4, -0.2) is 31.5 Å². The highest BCUT2D eigenvalue weighted by molar-refractivity contribution is 7.82. The summed E-state index contributed by atoms with van der Waals surface area (Å²) in [5.74, 6) is -0.657. The van der Waals surface area contributed by atoms with Gasteiger partial charge < -0.3 is 14.9 Å². The van der Waals surface area contributed by atoms with E-state index in [2.05, 4.69) is 22.1 Å². The van der Waals surface area contributed by atoms with Crippen molar-refractivity contribution < 1.29 is 28.8 Å². The number of amides is 1. The molecule has 0 spiro atoms. The minimum absolute atomic E-state index is 0.00347. The molecule has 0 saturated heterocycles. The molecule has 0 heterocycles. The molecule has 11 nitrogen and oxygen atoms in total. The predicted octanol–water partition coefficient (Wildman–Crippen LogP) is 2.86. The first-order valence-corrected chi connectivity index (χ1v) is 12.0. The van der Waals surface area contributed by atoms with E-state index < -0.39 is 26.5 Å². The van der Waals surface area contributed by atoms with Crippen molar-refractivity contribution in [2.24, 2.45) is 15.8 Å². The van der Waals surface area contributed by atoms with Crippen molar-refractivity contribution in [1.29, 1.82) is 0 Å². The Balaban J connectivity index is 3.21. The van der Waals surface area contributed by atoms with Crippen LogP contribution in [0.1, 0.15) is 19.4 Å². The third kappa shape index (κ3) is 4.94. The molecule has 0 radical (unpaired) electrons. The van der Waals surface area contributed by atoms with E-state index in [1.165, 1.54) is 24.3 Å². The summed E-state index contributed by atoms with van der Waals surface area (Å²) < 4.78 is 24.8. The van der Waals surface area contributed by atoms with E-state index in [-0.39, 0.29) is 23.0 Å². The molecule has 28 heavy (non-hydrogen) atoms. The molecule has 0 fully saturated rings. The fourth-order valence-electron chi connectivity index (χ4n) is 2.08. The summed E-state index contributed by atoms with van der Waals surface area (Å²) in [5.41, 5.74) is 0.309. The van der Waals surface area contributed by atoms with Gasteiger partial charge in [-0.2, -0.15) is 0 Å². The minimum Gasteiger partial charge on any atom is -0.368 e. The van der Waals surface area contributed by atoms with E-state index in [9.17, 15) is 38.6 Å². The number of nitrogens with zero attached hydrogens (tertiary/aromatic N) is 3. The average Bonchev–Trinajstić information content (AvgIpc) is 2.66. The van der Waals surface area contributed by atoms with Crippen LogP contribution in [-0.2, 0) is 20.3 Å². The molecule has 15 heteroatoms. The first-order chi connectivity index (χ1) is 12.7. The number of aliphatic hydroxyl groups is 1. The van der Waals surface area contributed by atoms with Crippen molar-refractivity contribution in [3.8, 4) is 0 Å². The number of carbonyl (C=O) groups excluding carboxylic acids is 1. The van der Waals surface area contributed by atoms with Crippen LogP contribution in [0.5, 0.6) is 0 Å². The lowest BCUT2D eigenvalue weighted by Gasteiger charge is -2.28. The molecule has 0 aliphatic heterocycles. The van der Waals surface area contributed by atoms with Crippen molar-refractivity contribution in [2.75, 3.05) is 4.31 Å². The van der Waals surface area contributed by atoms with Gasteiger partial charge in [-0.3, -0.25) is 18.2 Å². The molecule has 5 unspecified atom stereocenters. The molecule has 0 aliphatic rings. The number of thiol groups is 1. The summed E-state index contributed by atoms with van der Waals surface area (Å²) in [6.45, 7) is 3.55. The molecule has 0 bridgehead atoms. The highest BCUT2D eigenvalue weighted by Crippen LogP contribution is 2.73. The first-order valence-electron chi connectivity index (χ1n) is 7.69. The summed E-state index contributed by atoms with van der Waals surface area (Å²) in [7, 11) is -8.56. The normalized spacial score (nSPS) is 20.0. The zero-order valence-electron chi connectivity index (χ0n) is 14.8. The van der Waals surface area contributed by atoms with Gasteiger partial charge in [-0.15, -0.1) is 19.1 Å². The molecule has 1 aromatic carbocycles. The van der Waals surface area contributed by atoms with Crippen LogP contribution in [0, 0.1) is 15.7 Å². The second kappa shape index (κ2) is 9.22. The number of carbonyl (C=O) groups is 1. The van der Waals surface area contributed by atoms with Crippen molar-refractivity contribution >= 4 is 48.7 Å². The Labute approximate surface area is 168 Å². The van der Waals surface area contributed by atoms with Crippen molar-refractivity contribution in [3.63, 3.8) is 0 Å². The number of anilines is 1. The summed E-state index contributed by atoms with van der Waals surface area (Å²) >= 11 is 4.13. The van der Waals surface area contributed by atoms with Crippen LogP contribution in [0.2, 0.25) is 0 Å². The maximum atomic E-state index is 12.3. The number of rotatable bonds is 9. The third-order valence-electron chi connectivity index (χ3n) is 4.16. The second-order valence-corrected chi connectivity index (χ2v) is 12.0. The molecule has 1 aromatic rings. The van der Waals surface area contributed by atoms with Crippen molar-refractivity contribution in [1.82, 2.24) is 0 Å². The van der Waals surface area contributed by atoms with E-state index in [0.717, 1.165) is 4.31 Å². The Bertz CT molecular complexity index is 822. The highest BCUT2D eigenvalue weighted by Gasteiger charge is 2.62. The number of hydrogen-bond donors (Lipinski definition) is 4. The largest absolute Gasteiger partial charge is 0.392 e. The topological polar surface area (TPSA) is 174 Å². The van der Waals surface area contributed by atoms with Gasteiger partial charge in [0.15, 0.2) is 0 Å². The number of hydrogen-bond acceptors (Lipinski definition) is 7. The summed E-state index contributed by atoms with van der Waals surface area (Å²) in [5, 5.41) is 6.65. The van der Waals surface area contributed by atoms with E-state index in [1.807, 2.05) is 16.8 Å². The Morgan fingerprint density at radius 3 is 1.96 bits per heavy atom. The van der Waals surface area contributed by atoms with Gasteiger partial charge in [0.05, 0.1) is 5.69 Å². The van der Waals surface area contributed by atoms with Crippen LogP contribution >= 0.6 is 37.1 Å². The van der Waals surface area contributed by atoms with Gasteiger partial charge in [-0.1, -0.05) is 38.8 Å². The van der Waals surface area contributed by atoms with Crippen LogP contribution in [0.3, 0.4) is 0 Å². The molecular weight excluding hydrogens is 451 g/mol. The lowest BCUT2D eigenvalue weighted by atomic mass is 10.1. The molecule has 3 N–H and O–H groups in total. The van der Waals surface area contributed by atoms with Crippen LogP contribution in [0.25, 0.3) is 0 Å². The van der Waals surface area contributed by atoms with Crippen LogP contribution < -0.4 is 4.31 Å². The van der Waals surface area contributed by atoms with E-state index in [4.69, 9.17) is 0 Å². The maximum absolute atomic E-state index is 12.3. The zero-order chi connectivity index (χ0) is 21.9. The standard InChI is InChI=1S/C13H20N3O8P3S/c1-8(9(2)25)12(17)16(28)11-5-3-10(4-6-11)7-13(18,26(21,22)14-19)27(23,24)15-20/h3-6,8-9,18,28H,7,25H2,1-2H3,(H,21,22)(H,23,24). The van der Waals surface area contributed by atoms with E-state index in [0.29, 0.717) is 5.69 Å². The Hall–Kier alpha value is -0.990. The lowest BCUT2D eigenvalue weighted by molar-refractivity contribution is -0.120. The smallest absolute Gasteiger partial charge is 0.368 e. The van der Waals surface area contributed by atoms with Crippen LogP contribution in [0.15, 0.2) is 34.2 Å². The summed E-state index contributed by atoms with van der Waals surface area (Å²) in [6.07, 6.45) is -1.04. The summed E-state index contributed by atoms with van der Waals surface area (Å²) in [4.78, 5) is 56.2. The van der Waals surface area contributed by atoms with Crippen molar-refractivity contribution in [3.05, 3.63) is 39.6 Å². The van der Waals surface area contributed by atoms with E-state index in [1.54, 1.807) is 6.92 Å². The average molecular weight is 471 g/mol. The van der Waals surface area contributed by atoms with Gasteiger partial charge in [-0.05, 0) is 23.4 Å². The SMILES string of the molecule is CC(P)C(C)C(=O)N(S)c1ccc(CC(O)(P(=O)(O)N=O)P(=O)(O)N=O)cc1. The molecule has 156 valence electrons. The number of nitroso groups, excluding NO2 is 2. The monoisotopic (exact) mass is 471 g/mol. The fourth-order valence-corrected chi connectivity index (χ4v) is 5.18. The predicted molar refractivity (Wildman–Crippen MR) is 111 cm³/mol. The van der Waals surface area contributed by atoms with Gasteiger partial charge in [0.2, 0.25) is 5.91 Å². The van der Waals surface area contributed by atoms with Crippen LogP contribution in [0.4, 0.5) is 5.69 Å². The first kappa shape index (κ1) is 25.0. The zero-order valence-corrected chi connectivity index (χ0v) is 18.7. The van der Waals surface area contributed by atoms with Gasteiger partial charge >= 0.3 is 15.0 Å². The quantitative estimate of drug-likeness (QED) is 0.242. The molecule has 5 atom stereocenters. The minimum atomic E-state index is -5.53. The van der Waals surface area contributed by atoms with E-state index >= 15 is 0 Å². The molecule has 0 aliphatic carbocycles.